The van der Waals surface area contributed by atoms with Crippen LogP contribution in [0.25, 0.3) is 0 Å². The predicted molar refractivity (Wildman–Crippen MR) is 355 cm³/mol. The molecule has 0 fully saturated rings. The van der Waals surface area contributed by atoms with Crippen LogP contribution in [-0.4, -0.2) is 45.6 Å². The van der Waals surface area contributed by atoms with Crippen molar-refractivity contribution in [2.75, 3.05) is 13.1 Å². The number of unbranched alkanes of at least 4 members (excludes halogenated alkanes) is 27. The Bertz CT molecular complexity index is 1890. The minimum Gasteiger partial charge on any atom is -0.508 e. The van der Waals surface area contributed by atoms with Gasteiger partial charge in [0.15, 0.2) is 0 Å². The van der Waals surface area contributed by atoms with Gasteiger partial charge in [0.1, 0.15) is 23.0 Å². The zero-order valence-corrected chi connectivity index (χ0v) is 53.4. The Kier molecular flexibility index (Phi) is 39.8. The van der Waals surface area contributed by atoms with E-state index in [2.05, 4.69) is 86.9 Å². The molecule has 6 heteroatoms. The van der Waals surface area contributed by atoms with Gasteiger partial charge in [0.25, 0.3) is 0 Å². The lowest BCUT2D eigenvalue weighted by Gasteiger charge is -2.20. The molecule has 0 aliphatic carbocycles. The van der Waals surface area contributed by atoms with Gasteiger partial charge in [-0.15, -0.1) is 0 Å². The van der Waals surface area contributed by atoms with E-state index in [1.807, 2.05) is 24.3 Å². The Morgan fingerprint density at radius 2 is 0.463 bits per heavy atom. The first-order chi connectivity index (χ1) is 40.2. The van der Waals surface area contributed by atoms with Crippen molar-refractivity contribution >= 4 is 0 Å². The second-order valence-corrected chi connectivity index (χ2v) is 25.2. The molecule has 4 aromatic carbocycles. The fraction of sp³-hybridized carbons (Fsp3) is 0.684. The maximum Gasteiger partial charge on any atom is 0.118 e. The summed E-state index contributed by atoms with van der Waals surface area (Å²) in [6.07, 6.45) is 52.5. The third kappa shape index (κ3) is 32.3. The summed E-state index contributed by atoms with van der Waals surface area (Å²) in [5.41, 5.74) is 9.73. The zero-order chi connectivity index (χ0) is 58.5. The molecular weight excluding hydrogens is 1000 g/mol. The summed E-state index contributed by atoms with van der Waals surface area (Å²) in [5.74, 6) is 1.79. The summed E-state index contributed by atoms with van der Waals surface area (Å²) in [4.78, 5) is 0. The number of aryl methyl sites for hydroxylation is 8. The van der Waals surface area contributed by atoms with Gasteiger partial charge in [-0.05, 0) is 197 Å². The van der Waals surface area contributed by atoms with Crippen molar-refractivity contribution in [1.82, 2.24) is 10.6 Å². The van der Waals surface area contributed by atoms with Gasteiger partial charge in [0.2, 0.25) is 0 Å². The molecule has 4 rings (SSSR count). The molecule has 0 atom stereocenters. The molecule has 0 aromatic heterocycles. The average molecular weight is 1130 g/mol. The minimum atomic E-state index is 0.387. The molecular formula is C76H124N2O4. The molecule has 462 valence electrons. The van der Waals surface area contributed by atoms with Gasteiger partial charge in [-0.3, -0.25) is 0 Å². The van der Waals surface area contributed by atoms with Gasteiger partial charge >= 0.3 is 0 Å². The third-order valence-electron chi connectivity index (χ3n) is 17.9. The fourth-order valence-corrected chi connectivity index (χ4v) is 12.3. The van der Waals surface area contributed by atoms with E-state index in [1.54, 1.807) is 0 Å². The van der Waals surface area contributed by atoms with E-state index < -0.39 is 0 Å². The average Bonchev–Trinajstić information content (AvgIpc) is 3.48. The third-order valence-corrected chi connectivity index (χ3v) is 17.9. The molecule has 0 aliphatic rings. The van der Waals surface area contributed by atoms with Crippen LogP contribution < -0.4 is 10.6 Å². The van der Waals surface area contributed by atoms with Crippen molar-refractivity contribution in [3.63, 3.8) is 0 Å². The van der Waals surface area contributed by atoms with Crippen molar-refractivity contribution in [3.05, 3.63) is 117 Å². The van der Waals surface area contributed by atoms with E-state index in [1.165, 1.54) is 189 Å². The number of phenols is 4. The van der Waals surface area contributed by atoms with Gasteiger partial charge in [0.05, 0.1) is 0 Å². The van der Waals surface area contributed by atoms with Crippen molar-refractivity contribution in [2.24, 2.45) is 0 Å². The predicted octanol–water partition coefficient (Wildman–Crippen LogP) is 21.0. The first-order valence-corrected chi connectivity index (χ1v) is 34.9. The van der Waals surface area contributed by atoms with Crippen LogP contribution in [0.2, 0.25) is 0 Å². The summed E-state index contributed by atoms with van der Waals surface area (Å²) in [6.45, 7) is 11.1. The van der Waals surface area contributed by atoms with E-state index in [4.69, 9.17) is 0 Å². The van der Waals surface area contributed by atoms with Crippen LogP contribution >= 0.6 is 0 Å². The molecule has 0 bridgehead atoms. The normalized spacial score (nSPS) is 11.7. The Morgan fingerprint density at radius 1 is 0.256 bits per heavy atom. The van der Waals surface area contributed by atoms with Gasteiger partial charge in [-0.1, -0.05) is 243 Å². The number of hydrogen-bond donors (Lipinski definition) is 6. The van der Waals surface area contributed by atoms with Crippen LogP contribution in [0, 0.1) is 0 Å². The molecule has 0 unspecified atom stereocenters. The number of aromatic hydroxyl groups is 4. The minimum absolute atomic E-state index is 0.387. The van der Waals surface area contributed by atoms with Crippen LogP contribution in [-0.2, 0) is 51.4 Å². The lowest BCUT2D eigenvalue weighted by molar-refractivity contribution is 0.429. The van der Waals surface area contributed by atoms with E-state index in [-0.39, 0.29) is 0 Å². The second kappa shape index (κ2) is 46.3. The summed E-state index contributed by atoms with van der Waals surface area (Å²) in [6, 6.07) is 26.2. The Labute approximate surface area is 504 Å². The lowest BCUT2D eigenvalue weighted by Crippen LogP contribution is -2.31. The highest BCUT2D eigenvalue weighted by Gasteiger charge is 2.15. The number of hydrogen-bond acceptors (Lipinski definition) is 6. The molecule has 0 saturated heterocycles. The monoisotopic (exact) mass is 1130 g/mol. The molecule has 82 heavy (non-hydrogen) atoms. The number of benzene rings is 4. The Balaban J connectivity index is 1.32. The van der Waals surface area contributed by atoms with Crippen LogP contribution in [0.5, 0.6) is 23.0 Å². The van der Waals surface area contributed by atoms with Crippen LogP contribution in [0.3, 0.4) is 0 Å². The molecule has 0 aliphatic heterocycles. The van der Waals surface area contributed by atoms with Crippen LogP contribution in [0.1, 0.15) is 303 Å². The molecule has 0 heterocycles. The molecule has 0 amide bonds. The van der Waals surface area contributed by atoms with Crippen molar-refractivity contribution in [3.8, 4) is 23.0 Å². The molecule has 0 saturated carbocycles. The first-order valence-electron chi connectivity index (χ1n) is 34.9. The molecule has 0 spiro atoms. The largest absolute Gasteiger partial charge is 0.508 e. The van der Waals surface area contributed by atoms with Crippen LogP contribution in [0.4, 0.5) is 0 Å². The lowest BCUT2D eigenvalue weighted by atomic mass is 9.95. The smallest absolute Gasteiger partial charge is 0.118 e. The van der Waals surface area contributed by atoms with Crippen molar-refractivity contribution < 1.29 is 20.4 Å². The highest BCUT2D eigenvalue weighted by molar-refractivity contribution is 5.39. The number of phenolic OH excluding ortho intramolecular Hbond substituents is 4. The van der Waals surface area contributed by atoms with E-state index in [0.29, 0.717) is 35.1 Å². The van der Waals surface area contributed by atoms with Gasteiger partial charge in [0, 0.05) is 12.1 Å². The number of nitrogens with one attached hydrogen (secondary N) is 2. The van der Waals surface area contributed by atoms with E-state index >= 15 is 0 Å². The van der Waals surface area contributed by atoms with Gasteiger partial charge < -0.3 is 31.1 Å². The molecule has 4 aromatic rings. The summed E-state index contributed by atoms with van der Waals surface area (Å²) in [7, 11) is 0. The van der Waals surface area contributed by atoms with Crippen molar-refractivity contribution in [1.29, 1.82) is 0 Å². The van der Waals surface area contributed by atoms with E-state index in [0.717, 1.165) is 151 Å². The highest BCUT2D eigenvalue weighted by Crippen LogP contribution is 2.28. The molecule has 0 radical (unpaired) electrons. The quantitative estimate of drug-likeness (QED) is 0.0246. The first kappa shape index (κ1) is 70.5. The van der Waals surface area contributed by atoms with Gasteiger partial charge in [-0.2, -0.15) is 0 Å². The Morgan fingerprint density at radius 3 is 0.695 bits per heavy atom. The Hall–Kier alpha value is -4.00. The maximum absolute atomic E-state index is 10.8. The number of rotatable bonds is 53. The summed E-state index contributed by atoms with van der Waals surface area (Å²) in [5, 5.41) is 51.3. The second-order valence-electron chi connectivity index (χ2n) is 25.2. The van der Waals surface area contributed by atoms with Crippen molar-refractivity contribution in [2.45, 2.75) is 322 Å². The molecule has 6 N–H and O–H groups in total. The summed E-state index contributed by atoms with van der Waals surface area (Å²) < 4.78 is 0. The van der Waals surface area contributed by atoms with Crippen LogP contribution in [0.15, 0.2) is 72.8 Å². The molecule has 6 nitrogen and oxygen atoms in total. The summed E-state index contributed by atoms with van der Waals surface area (Å²) >= 11 is 0. The van der Waals surface area contributed by atoms with Gasteiger partial charge in [-0.25, -0.2) is 0 Å². The highest BCUT2D eigenvalue weighted by atomic mass is 16.3. The fourth-order valence-electron chi connectivity index (χ4n) is 12.3. The topological polar surface area (TPSA) is 105 Å². The zero-order valence-electron chi connectivity index (χ0n) is 53.4. The SMILES string of the molecule is CCCCCCCCCc1cc(CCC(CCc2ccc(O)c(CCCCCCCCC)c2)NCCCCCCNC(CCc2ccc(O)c(CCCCCCCCC)c2)CCc2ccc(O)c(CCCCCCCCC)c2)ccc1O. The van der Waals surface area contributed by atoms with E-state index in [9.17, 15) is 20.4 Å². The standard InChI is InChI=1S/C76H124N2O4/c1-5-9-13-17-21-25-31-37-67-59-63(45-53-73(67)79)41-49-71(50-42-64-46-54-74(80)68(60-64)38-32-26-22-18-14-10-6-2)77-57-35-29-30-36-58-78-72(51-43-65-47-55-75(81)69(61-65)39-33-27-23-19-15-11-7-3)52-44-66-48-56-76(82)70(62-66)40-34-28-24-20-16-12-8-4/h45-48,53-56,59-62,71-72,77-82H,5-44,49-52,57-58H2,1-4H3. The maximum atomic E-state index is 10.8.